The Morgan fingerprint density at radius 1 is 1.36 bits per heavy atom. The topological polar surface area (TPSA) is 63.7 Å². The monoisotopic (exact) mass is 325 g/mol. The molecular weight excluding hydrogens is 302 g/mol. The average Bonchev–Trinajstić information content (AvgIpc) is 2.76. The van der Waals surface area contributed by atoms with E-state index < -0.39 is 23.0 Å². The first-order valence-electron chi connectivity index (χ1n) is 7.72. The van der Waals surface area contributed by atoms with Gasteiger partial charge in [-0.2, -0.15) is 0 Å². The van der Waals surface area contributed by atoms with Crippen molar-refractivity contribution in [1.29, 1.82) is 0 Å². The molecule has 6 heteroatoms. The van der Waals surface area contributed by atoms with E-state index in [1.54, 1.807) is 0 Å². The zero-order valence-corrected chi connectivity index (χ0v) is 13.8. The Morgan fingerprint density at radius 2 is 2.09 bits per heavy atom. The number of hydrogen-bond donors (Lipinski definition) is 0. The van der Waals surface area contributed by atoms with Crippen LogP contribution in [0, 0.1) is 12.3 Å². The Morgan fingerprint density at radius 3 is 2.77 bits per heavy atom. The molecule has 0 radical (unpaired) electrons. The number of terminal acetylenes is 1. The second-order valence-electron chi connectivity index (χ2n) is 5.17. The number of hydroxylamine groups is 2. The lowest BCUT2D eigenvalue weighted by atomic mass is 10.2. The predicted octanol–water partition coefficient (Wildman–Crippen LogP) is 2.69. The van der Waals surface area contributed by atoms with Crippen molar-refractivity contribution in [3.8, 4) is 12.3 Å². The number of hydrogen-bond acceptors (Lipinski definition) is 5. The third-order valence-corrected chi connectivity index (χ3v) is 4.59. The summed E-state index contributed by atoms with van der Waals surface area (Å²) in [7, 11) is 0. The normalized spacial score (nSPS) is 17.6. The standard InChI is InChI=1S/C16H23NO4S/c1-3-5-7-8-9-11-22-13-12-14(18)17(16(13)20)21-15(19)10-6-4-2/h2,13H,3,5-12H2,1H3. The van der Waals surface area contributed by atoms with E-state index in [1.165, 1.54) is 31.0 Å². The van der Waals surface area contributed by atoms with E-state index in [1.807, 2.05) is 0 Å². The lowest BCUT2D eigenvalue weighted by molar-refractivity contribution is -0.197. The molecule has 0 N–H and O–H groups in total. The molecular formula is C16H23NO4S. The van der Waals surface area contributed by atoms with Gasteiger partial charge in [-0.25, -0.2) is 4.79 Å². The fraction of sp³-hybridized carbons (Fsp3) is 0.688. The van der Waals surface area contributed by atoms with E-state index >= 15 is 0 Å². The highest BCUT2D eigenvalue weighted by molar-refractivity contribution is 8.00. The third-order valence-electron chi connectivity index (χ3n) is 3.30. The van der Waals surface area contributed by atoms with Crippen molar-refractivity contribution in [3.63, 3.8) is 0 Å². The second kappa shape index (κ2) is 10.3. The molecule has 0 aromatic carbocycles. The Bertz CT molecular complexity index is 444. The minimum Gasteiger partial charge on any atom is -0.330 e. The fourth-order valence-electron chi connectivity index (χ4n) is 2.06. The number of nitrogens with zero attached hydrogens (tertiary/aromatic N) is 1. The maximum Gasteiger partial charge on any atom is 0.334 e. The molecule has 0 bridgehead atoms. The first-order valence-corrected chi connectivity index (χ1v) is 8.77. The molecule has 0 spiro atoms. The van der Waals surface area contributed by atoms with E-state index in [0.717, 1.165) is 18.6 Å². The maximum absolute atomic E-state index is 12.1. The third kappa shape index (κ3) is 6.10. The molecule has 1 rings (SSSR count). The van der Waals surface area contributed by atoms with Crippen LogP contribution in [0.2, 0.25) is 0 Å². The van der Waals surface area contributed by atoms with Crippen LogP contribution in [0.25, 0.3) is 0 Å². The molecule has 1 aliphatic rings. The summed E-state index contributed by atoms with van der Waals surface area (Å²) in [5.41, 5.74) is 0. The average molecular weight is 325 g/mol. The maximum atomic E-state index is 12.1. The molecule has 0 aliphatic carbocycles. The van der Waals surface area contributed by atoms with Crippen molar-refractivity contribution in [3.05, 3.63) is 0 Å². The van der Waals surface area contributed by atoms with Gasteiger partial charge in [0.1, 0.15) is 0 Å². The fourth-order valence-corrected chi connectivity index (χ4v) is 3.22. The van der Waals surface area contributed by atoms with Crippen molar-refractivity contribution in [2.45, 2.75) is 63.5 Å². The highest BCUT2D eigenvalue weighted by Gasteiger charge is 2.41. The Balaban J connectivity index is 2.31. The molecule has 1 unspecified atom stereocenters. The van der Waals surface area contributed by atoms with Gasteiger partial charge in [0.2, 0.25) is 0 Å². The van der Waals surface area contributed by atoms with Gasteiger partial charge in [0.25, 0.3) is 11.8 Å². The Hall–Kier alpha value is -1.48. The summed E-state index contributed by atoms with van der Waals surface area (Å²) in [5, 5.41) is 0.173. The van der Waals surface area contributed by atoms with Gasteiger partial charge in [0.15, 0.2) is 0 Å². The molecule has 1 atom stereocenters. The molecule has 0 saturated carbocycles. The Kier molecular flexibility index (Phi) is 8.68. The molecule has 122 valence electrons. The molecule has 1 heterocycles. The summed E-state index contributed by atoms with van der Waals surface area (Å²) < 4.78 is 0. The number of carbonyl (C=O) groups is 3. The zero-order chi connectivity index (χ0) is 16.4. The summed E-state index contributed by atoms with van der Waals surface area (Å²) >= 11 is 1.47. The van der Waals surface area contributed by atoms with Crippen LogP contribution < -0.4 is 0 Å². The van der Waals surface area contributed by atoms with Crippen molar-refractivity contribution in [2.75, 3.05) is 5.75 Å². The van der Waals surface area contributed by atoms with Crippen molar-refractivity contribution >= 4 is 29.5 Å². The van der Waals surface area contributed by atoms with Gasteiger partial charge in [0, 0.05) is 6.42 Å². The number of rotatable bonds is 10. The van der Waals surface area contributed by atoms with Gasteiger partial charge < -0.3 is 4.84 Å². The molecule has 2 amide bonds. The van der Waals surface area contributed by atoms with Gasteiger partial charge in [-0.1, -0.05) is 32.6 Å². The van der Waals surface area contributed by atoms with Crippen molar-refractivity contribution in [2.24, 2.45) is 0 Å². The van der Waals surface area contributed by atoms with E-state index in [-0.39, 0.29) is 19.3 Å². The SMILES string of the molecule is C#CCCC(=O)ON1C(=O)CC(SCCCCCCC)C1=O. The van der Waals surface area contributed by atoms with E-state index in [4.69, 9.17) is 11.3 Å². The smallest absolute Gasteiger partial charge is 0.330 e. The van der Waals surface area contributed by atoms with Crippen molar-refractivity contribution in [1.82, 2.24) is 5.06 Å². The highest BCUT2D eigenvalue weighted by atomic mass is 32.2. The Labute approximate surface area is 136 Å². The second-order valence-corrected chi connectivity index (χ2v) is 6.48. The van der Waals surface area contributed by atoms with Crippen LogP contribution in [-0.4, -0.2) is 33.8 Å². The summed E-state index contributed by atoms with van der Waals surface area (Å²) in [6, 6.07) is 0. The number of thioether (sulfide) groups is 1. The van der Waals surface area contributed by atoms with Crippen LogP contribution in [0.4, 0.5) is 0 Å². The van der Waals surface area contributed by atoms with Gasteiger partial charge in [-0.15, -0.1) is 29.2 Å². The minimum atomic E-state index is -0.648. The quantitative estimate of drug-likeness (QED) is 0.351. The summed E-state index contributed by atoms with van der Waals surface area (Å²) in [4.78, 5) is 40.1. The first kappa shape index (κ1) is 18.6. The summed E-state index contributed by atoms with van der Waals surface area (Å²) in [5.74, 6) is 1.61. The van der Waals surface area contributed by atoms with Crippen molar-refractivity contribution < 1.29 is 19.2 Å². The summed E-state index contributed by atoms with van der Waals surface area (Å²) in [6.07, 6.45) is 11.2. The van der Waals surface area contributed by atoms with Crippen LogP contribution >= 0.6 is 11.8 Å². The van der Waals surface area contributed by atoms with Gasteiger partial charge in [0.05, 0.1) is 18.1 Å². The largest absolute Gasteiger partial charge is 0.334 e. The lowest BCUT2D eigenvalue weighted by Crippen LogP contribution is -2.33. The van der Waals surface area contributed by atoms with Crippen LogP contribution in [-0.2, 0) is 19.2 Å². The lowest BCUT2D eigenvalue weighted by Gasteiger charge is -2.13. The van der Waals surface area contributed by atoms with E-state index in [0.29, 0.717) is 5.06 Å². The molecule has 5 nitrogen and oxygen atoms in total. The number of imide groups is 1. The number of amides is 2. The molecule has 1 fully saturated rings. The molecule has 22 heavy (non-hydrogen) atoms. The van der Waals surface area contributed by atoms with Gasteiger partial charge in [-0.05, 0) is 12.2 Å². The molecule has 1 aliphatic heterocycles. The van der Waals surface area contributed by atoms with Gasteiger partial charge in [-0.3, -0.25) is 9.59 Å². The van der Waals surface area contributed by atoms with E-state index in [2.05, 4.69) is 12.8 Å². The number of carbonyl (C=O) groups excluding carboxylic acids is 3. The van der Waals surface area contributed by atoms with Crippen LogP contribution in [0.1, 0.15) is 58.3 Å². The summed E-state index contributed by atoms with van der Waals surface area (Å²) in [6.45, 7) is 2.16. The number of unbranched alkanes of at least 4 members (excludes halogenated alkanes) is 4. The minimum absolute atomic E-state index is 0.00278. The highest BCUT2D eigenvalue weighted by Crippen LogP contribution is 2.26. The zero-order valence-electron chi connectivity index (χ0n) is 13.0. The van der Waals surface area contributed by atoms with Gasteiger partial charge >= 0.3 is 5.97 Å². The first-order chi connectivity index (χ1) is 10.6. The molecule has 1 saturated heterocycles. The predicted molar refractivity (Wildman–Crippen MR) is 85.6 cm³/mol. The van der Waals surface area contributed by atoms with E-state index in [9.17, 15) is 14.4 Å². The van der Waals surface area contributed by atoms with Crippen LogP contribution in [0.5, 0.6) is 0 Å². The molecule has 0 aromatic heterocycles. The molecule has 0 aromatic rings. The van der Waals surface area contributed by atoms with Crippen LogP contribution in [0.15, 0.2) is 0 Å². The van der Waals surface area contributed by atoms with Crippen LogP contribution in [0.3, 0.4) is 0 Å².